The molecule has 0 unspecified atom stereocenters. The number of carbonyl (C=O) groups is 1. The van der Waals surface area contributed by atoms with Gasteiger partial charge in [0, 0.05) is 12.6 Å². The van der Waals surface area contributed by atoms with Crippen LogP contribution in [0.4, 0.5) is 5.69 Å². The molecule has 106 valence electrons. The monoisotopic (exact) mass is 304 g/mol. The summed E-state index contributed by atoms with van der Waals surface area (Å²) in [6.45, 7) is 0.689. The maximum atomic E-state index is 12.0. The van der Waals surface area contributed by atoms with Crippen LogP contribution in [0.15, 0.2) is 12.1 Å². The molecule has 0 saturated heterocycles. The zero-order valence-corrected chi connectivity index (χ0v) is 12.3. The standard InChI is InChI=1S/C13H17ClN2O2.ClH/c1-18-12-7-11(15)10(14)6-9(12)13(17)16-5-4-8-2-3-8;/h6-8H,2-5,15H2,1H3,(H,16,17);1H. The number of nitrogen functional groups attached to an aromatic ring is 1. The lowest BCUT2D eigenvalue weighted by Crippen LogP contribution is -2.25. The Morgan fingerprint density at radius 2 is 2.21 bits per heavy atom. The summed E-state index contributed by atoms with van der Waals surface area (Å²) < 4.78 is 5.14. The SMILES string of the molecule is COc1cc(N)c(Cl)cc1C(=O)NCCC1CC1.Cl. The molecule has 1 aliphatic rings. The highest BCUT2D eigenvalue weighted by atomic mass is 35.5. The number of rotatable bonds is 5. The van der Waals surface area contributed by atoms with Crippen molar-refractivity contribution in [2.45, 2.75) is 19.3 Å². The molecule has 1 fully saturated rings. The number of amides is 1. The minimum Gasteiger partial charge on any atom is -0.496 e. The van der Waals surface area contributed by atoms with Crippen molar-refractivity contribution < 1.29 is 9.53 Å². The molecule has 3 N–H and O–H groups in total. The second-order valence-electron chi connectivity index (χ2n) is 4.56. The van der Waals surface area contributed by atoms with Gasteiger partial charge in [-0.3, -0.25) is 4.79 Å². The Morgan fingerprint density at radius 1 is 1.53 bits per heavy atom. The Morgan fingerprint density at radius 3 is 2.79 bits per heavy atom. The van der Waals surface area contributed by atoms with E-state index in [9.17, 15) is 4.79 Å². The number of hydrogen-bond acceptors (Lipinski definition) is 3. The first kappa shape index (κ1) is 15.9. The van der Waals surface area contributed by atoms with Gasteiger partial charge in [-0.2, -0.15) is 0 Å². The summed E-state index contributed by atoms with van der Waals surface area (Å²) in [4.78, 5) is 12.0. The first-order valence-corrected chi connectivity index (χ1v) is 6.41. The van der Waals surface area contributed by atoms with E-state index < -0.39 is 0 Å². The number of halogens is 2. The number of methoxy groups -OCH3 is 1. The number of ether oxygens (including phenoxy) is 1. The maximum Gasteiger partial charge on any atom is 0.255 e. The number of nitrogens with two attached hydrogens (primary N) is 1. The van der Waals surface area contributed by atoms with Crippen LogP contribution in [-0.4, -0.2) is 19.6 Å². The Labute approximate surface area is 124 Å². The van der Waals surface area contributed by atoms with Crippen molar-refractivity contribution in [2.75, 3.05) is 19.4 Å². The molecule has 0 heterocycles. The van der Waals surface area contributed by atoms with E-state index in [2.05, 4.69) is 5.32 Å². The lowest BCUT2D eigenvalue weighted by atomic mass is 10.1. The third-order valence-corrected chi connectivity index (χ3v) is 3.43. The lowest BCUT2D eigenvalue weighted by Gasteiger charge is -2.11. The van der Waals surface area contributed by atoms with Crippen LogP contribution in [0, 0.1) is 5.92 Å². The molecular formula is C13H18Cl2N2O2. The molecule has 1 amide bonds. The van der Waals surface area contributed by atoms with Crippen LogP contribution < -0.4 is 15.8 Å². The Bertz CT molecular complexity index is 462. The molecule has 0 spiro atoms. The molecule has 1 aromatic rings. The summed E-state index contributed by atoms with van der Waals surface area (Å²) in [6.07, 6.45) is 3.61. The van der Waals surface area contributed by atoms with Gasteiger partial charge in [0.05, 0.1) is 23.4 Å². The fraction of sp³-hybridized carbons (Fsp3) is 0.462. The summed E-state index contributed by atoms with van der Waals surface area (Å²) in [7, 11) is 1.50. The van der Waals surface area contributed by atoms with Gasteiger partial charge < -0.3 is 15.8 Å². The quantitative estimate of drug-likeness (QED) is 0.822. The third-order valence-electron chi connectivity index (χ3n) is 3.10. The average molecular weight is 305 g/mol. The lowest BCUT2D eigenvalue weighted by molar-refractivity contribution is 0.0949. The summed E-state index contributed by atoms with van der Waals surface area (Å²) in [5.41, 5.74) is 6.50. The number of anilines is 1. The largest absolute Gasteiger partial charge is 0.496 e. The molecule has 0 radical (unpaired) electrons. The third kappa shape index (κ3) is 4.18. The Kier molecular flexibility index (Phi) is 5.76. The van der Waals surface area contributed by atoms with E-state index in [1.165, 1.54) is 20.0 Å². The van der Waals surface area contributed by atoms with E-state index in [1.807, 2.05) is 0 Å². The van der Waals surface area contributed by atoms with Gasteiger partial charge >= 0.3 is 0 Å². The number of benzene rings is 1. The van der Waals surface area contributed by atoms with Crippen molar-refractivity contribution in [3.8, 4) is 5.75 Å². The predicted octanol–water partition coefficient (Wildman–Crippen LogP) is 2.88. The van der Waals surface area contributed by atoms with Crippen LogP contribution in [0.2, 0.25) is 5.02 Å². The van der Waals surface area contributed by atoms with Crippen LogP contribution in [0.25, 0.3) is 0 Å². The van der Waals surface area contributed by atoms with Crippen LogP contribution >= 0.6 is 24.0 Å². The van der Waals surface area contributed by atoms with Gasteiger partial charge in [-0.15, -0.1) is 12.4 Å². The molecule has 0 aromatic heterocycles. The molecule has 0 atom stereocenters. The van der Waals surface area contributed by atoms with Crippen LogP contribution in [0.1, 0.15) is 29.6 Å². The Balaban J connectivity index is 0.00000180. The highest BCUT2D eigenvalue weighted by Gasteiger charge is 2.21. The molecule has 1 aliphatic carbocycles. The molecule has 1 aromatic carbocycles. The van der Waals surface area contributed by atoms with Gasteiger partial charge in [0.1, 0.15) is 5.75 Å². The molecular weight excluding hydrogens is 287 g/mol. The molecule has 6 heteroatoms. The fourth-order valence-corrected chi connectivity index (χ4v) is 1.97. The fourth-order valence-electron chi connectivity index (χ4n) is 1.81. The van der Waals surface area contributed by atoms with Gasteiger partial charge in [0.25, 0.3) is 5.91 Å². The zero-order chi connectivity index (χ0) is 13.1. The summed E-state index contributed by atoms with van der Waals surface area (Å²) in [5.74, 6) is 1.07. The van der Waals surface area contributed by atoms with Gasteiger partial charge in [0.2, 0.25) is 0 Å². The second kappa shape index (κ2) is 6.87. The van der Waals surface area contributed by atoms with Gasteiger partial charge in [-0.05, 0) is 18.4 Å². The predicted molar refractivity (Wildman–Crippen MR) is 79.3 cm³/mol. The van der Waals surface area contributed by atoms with E-state index >= 15 is 0 Å². The van der Waals surface area contributed by atoms with Gasteiger partial charge in [-0.1, -0.05) is 24.4 Å². The molecule has 0 aliphatic heterocycles. The van der Waals surface area contributed by atoms with E-state index in [0.717, 1.165) is 12.3 Å². The minimum atomic E-state index is -0.172. The zero-order valence-electron chi connectivity index (χ0n) is 10.7. The van der Waals surface area contributed by atoms with E-state index in [1.54, 1.807) is 12.1 Å². The van der Waals surface area contributed by atoms with Crippen molar-refractivity contribution in [3.05, 3.63) is 22.7 Å². The molecule has 0 bridgehead atoms. The first-order valence-electron chi connectivity index (χ1n) is 6.03. The number of nitrogens with one attached hydrogen (secondary N) is 1. The second-order valence-corrected chi connectivity index (χ2v) is 4.97. The van der Waals surface area contributed by atoms with Crippen LogP contribution in [0.3, 0.4) is 0 Å². The van der Waals surface area contributed by atoms with Crippen molar-refractivity contribution in [1.29, 1.82) is 0 Å². The van der Waals surface area contributed by atoms with Crippen LogP contribution in [0.5, 0.6) is 5.75 Å². The maximum absolute atomic E-state index is 12.0. The summed E-state index contributed by atoms with van der Waals surface area (Å²) >= 11 is 5.92. The molecule has 4 nitrogen and oxygen atoms in total. The highest BCUT2D eigenvalue weighted by Crippen LogP contribution is 2.32. The van der Waals surface area contributed by atoms with Crippen molar-refractivity contribution in [2.24, 2.45) is 5.92 Å². The van der Waals surface area contributed by atoms with Gasteiger partial charge in [-0.25, -0.2) is 0 Å². The van der Waals surface area contributed by atoms with Crippen molar-refractivity contribution in [1.82, 2.24) is 5.32 Å². The molecule has 2 rings (SSSR count). The number of hydrogen-bond donors (Lipinski definition) is 2. The molecule has 1 saturated carbocycles. The van der Waals surface area contributed by atoms with E-state index in [0.29, 0.717) is 28.6 Å². The highest BCUT2D eigenvalue weighted by molar-refractivity contribution is 6.33. The minimum absolute atomic E-state index is 0. The summed E-state index contributed by atoms with van der Waals surface area (Å²) in [5, 5.41) is 3.24. The average Bonchev–Trinajstić information content (AvgIpc) is 3.16. The topological polar surface area (TPSA) is 64.3 Å². The van der Waals surface area contributed by atoms with Crippen molar-refractivity contribution >= 4 is 35.6 Å². The summed E-state index contributed by atoms with van der Waals surface area (Å²) in [6, 6.07) is 3.11. The van der Waals surface area contributed by atoms with Crippen LogP contribution in [-0.2, 0) is 0 Å². The normalized spacial score (nSPS) is 13.6. The smallest absolute Gasteiger partial charge is 0.255 e. The van der Waals surface area contributed by atoms with E-state index in [-0.39, 0.29) is 18.3 Å². The Hall–Kier alpha value is -1.13. The number of carbonyl (C=O) groups excluding carboxylic acids is 1. The molecule has 19 heavy (non-hydrogen) atoms. The first-order chi connectivity index (χ1) is 8.61. The van der Waals surface area contributed by atoms with Gasteiger partial charge in [0.15, 0.2) is 0 Å². The van der Waals surface area contributed by atoms with E-state index in [4.69, 9.17) is 22.1 Å². The van der Waals surface area contributed by atoms with Crippen molar-refractivity contribution in [3.63, 3.8) is 0 Å².